The molecule has 21 heavy (non-hydrogen) atoms. The van der Waals surface area contributed by atoms with Crippen LogP contribution in [0.1, 0.15) is 17.3 Å². The lowest BCUT2D eigenvalue weighted by atomic mass is 10.2. The van der Waals surface area contributed by atoms with Gasteiger partial charge in [-0.15, -0.1) is 0 Å². The molecule has 0 amide bonds. The van der Waals surface area contributed by atoms with Gasteiger partial charge in [0.1, 0.15) is 5.75 Å². The third-order valence-corrected chi connectivity index (χ3v) is 3.66. The lowest BCUT2D eigenvalue weighted by molar-refractivity contribution is 0.0522. The van der Waals surface area contributed by atoms with Crippen LogP contribution in [0.15, 0.2) is 53.4 Å². The number of methoxy groups -OCH3 is 1. The molecule has 0 atom stereocenters. The molecular formula is C16H17NO3S. The molecule has 0 saturated carbocycles. The summed E-state index contributed by atoms with van der Waals surface area (Å²) >= 11 is 1.38. The van der Waals surface area contributed by atoms with E-state index in [-0.39, 0.29) is 5.97 Å². The van der Waals surface area contributed by atoms with Gasteiger partial charge in [-0.25, -0.2) is 4.79 Å². The van der Waals surface area contributed by atoms with Crippen molar-refractivity contribution in [3.8, 4) is 5.75 Å². The van der Waals surface area contributed by atoms with Crippen molar-refractivity contribution in [2.24, 2.45) is 0 Å². The highest BCUT2D eigenvalue weighted by molar-refractivity contribution is 8.00. The van der Waals surface area contributed by atoms with E-state index in [0.717, 1.165) is 16.3 Å². The Kier molecular flexibility index (Phi) is 5.51. The van der Waals surface area contributed by atoms with Gasteiger partial charge in [0.05, 0.1) is 19.3 Å². The van der Waals surface area contributed by atoms with Gasteiger partial charge in [-0.2, -0.15) is 0 Å². The molecule has 0 aliphatic rings. The number of benzene rings is 2. The number of rotatable bonds is 6. The monoisotopic (exact) mass is 303 g/mol. The summed E-state index contributed by atoms with van der Waals surface area (Å²) in [6, 6.07) is 14.9. The minimum absolute atomic E-state index is 0.308. The Balaban J connectivity index is 2.07. The highest BCUT2D eigenvalue weighted by Crippen LogP contribution is 2.26. The Bertz CT molecular complexity index is 599. The molecule has 2 aromatic carbocycles. The quantitative estimate of drug-likeness (QED) is 0.646. The number of anilines is 1. The molecule has 1 N–H and O–H groups in total. The zero-order chi connectivity index (χ0) is 15.1. The summed E-state index contributed by atoms with van der Waals surface area (Å²) in [7, 11) is 1.63. The Hall–Kier alpha value is -2.14. The smallest absolute Gasteiger partial charge is 0.339 e. The predicted octanol–water partition coefficient (Wildman–Crippen LogP) is 3.99. The van der Waals surface area contributed by atoms with Crippen LogP contribution < -0.4 is 9.46 Å². The number of carbonyl (C=O) groups is 1. The number of carbonyl (C=O) groups excluding carboxylic acids is 1. The minimum Gasteiger partial charge on any atom is -0.497 e. The lowest BCUT2D eigenvalue weighted by Gasteiger charge is -2.10. The largest absolute Gasteiger partial charge is 0.497 e. The fourth-order valence-corrected chi connectivity index (χ4v) is 2.48. The molecule has 0 saturated heterocycles. The van der Waals surface area contributed by atoms with E-state index in [1.807, 2.05) is 42.5 Å². The van der Waals surface area contributed by atoms with Crippen molar-refractivity contribution in [2.75, 3.05) is 18.4 Å². The van der Waals surface area contributed by atoms with E-state index in [2.05, 4.69) is 4.72 Å². The zero-order valence-electron chi connectivity index (χ0n) is 12.0. The van der Waals surface area contributed by atoms with E-state index in [1.165, 1.54) is 11.9 Å². The van der Waals surface area contributed by atoms with E-state index in [0.29, 0.717) is 12.2 Å². The fourth-order valence-electron chi connectivity index (χ4n) is 1.71. The molecule has 0 spiro atoms. The Morgan fingerprint density at radius 3 is 2.52 bits per heavy atom. The lowest BCUT2D eigenvalue weighted by Crippen LogP contribution is -2.06. The summed E-state index contributed by atoms with van der Waals surface area (Å²) in [4.78, 5) is 12.7. The van der Waals surface area contributed by atoms with Crippen LogP contribution in [0.2, 0.25) is 0 Å². The van der Waals surface area contributed by atoms with E-state index in [4.69, 9.17) is 9.47 Å². The number of nitrogens with one attached hydrogen (secondary N) is 1. The van der Waals surface area contributed by atoms with E-state index >= 15 is 0 Å². The van der Waals surface area contributed by atoms with Crippen LogP contribution in [0, 0.1) is 0 Å². The fraction of sp³-hybridized carbons (Fsp3) is 0.188. The first-order valence-corrected chi connectivity index (χ1v) is 7.39. The number of hydrogen-bond donors (Lipinski definition) is 1. The van der Waals surface area contributed by atoms with Crippen LogP contribution >= 0.6 is 11.9 Å². The second-order valence-corrected chi connectivity index (χ2v) is 5.00. The van der Waals surface area contributed by atoms with E-state index in [9.17, 15) is 4.79 Å². The number of hydrogen-bond acceptors (Lipinski definition) is 5. The normalized spacial score (nSPS) is 10.0. The first-order chi connectivity index (χ1) is 10.2. The van der Waals surface area contributed by atoms with Crippen LogP contribution in [0.4, 0.5) is 5.69 Å². The van der Waals surface area contributed by atoms with Crippen LogP contribution in [-0.2, 0) is 4.74 Å². The minimum atomic E-state index is -0.308. The molecule has 0 aliphatic heterocycles. The van der Waals surface area contributed by atoms with Gasteiger partial charge < -0.3 is 14.2 Å². The first kappa shape index (κ1) is 15.3. The average Bonchev–Trinajstić information content (AvgIpc) is 2.54. The highest BCUT2D eigenvalue weighted by atomic mass is 32.2. The van der Waals surface area contributed by atoms with E-state index in [1.54, 1.807) is 20.1 Å². The maximum Gasteiger partial charge on any atom is 0.339 e. The zero-order valence-corrected chi connectivity index (χ0v) is 12.8. The van der Waals surface area contributed by atoms with Crippen molar-refractivity contribution < 1.29 is 14.3 Å². The Labute approximate surface area is 128 Å². The molecule has 2 rings (SSSR count). The summed E-state index contributed by atoms with van der Waals surface area (Å²) in [5, 5.41) is 0. The maximum absolute atomic E-state index is 11.9. The van der Waals surface area contributed by atoms with Gasteiger partial charge in [-0.3, -0.25) is 0 Å². The van der Waals surface area contributed by atoms with Gasteiger partial charge in [0, 0.05) is 10.6 Å². The van der Waals surface area contributed by atoms with Crippen molar-refractivity contribution >= 4 is 23.6 Å². The maximum atomic E-state index is 11.9. The van der Waals surface area contributed by atoms with Crippen LogP contribution in [0.3, 0.4) is 0 Å². The Morgan fingerprint density at radius 2 is 1.86 bits per heavy atom. The highest BCUT2D eigenvalue weighted by Gasteiger charge is 2.12. The van der Waals surface area contributed by atoms with Crippen molar-refractivity contribution in [3.05, 3.63) is 54.1 Å². The van der Waals surface area contributed by atoms with Gasteiger partial charge in [0.2, 0.25) is 0 Å². The molecule has 0 aromatic heterocycles. The molecule has 2 aromatic rings. The van der Waals surface area contributed by atoms with Gasteiger partial charge >= 0.3 is 5.97 Å². The van der Waals surface area contributed by atoms with Gasteiger partial charge in [0.15, 0.2) is 0 Å². The molecule has 4 nitrogen and oxygen atoms in total. The second-order valence-electron chi connectivity index (χ2n) is 4.15. The molecule has 0 radical (unpaired) electrons. The van der Waals surface area contributed by atoms with Gasteiger partial charge in [0.25, 0.3) is 0 Å². The SMILES string of the molecule is CCOC(=O)c1ccccc1SNc1ccc(OC)cc1. The third kappa shape index (κ3) is 4.16. The topological polar surface area (TPSA) is 47.6 Å². The van der Waals surface area contributed by atoms with E-state index < -0.39 is 0 Å². The molecule has 0 fully saturated rings. The summed E-state index contributed by atoms with van der Waals surface area (Å²) < 4.78 is 13.4. The molecular weight excluding hydrogens is 286 g/mol. The standard InChI is InChI=1S/C16H17NO3S/c1-3-20-16(18)14-6-4-5-7-15(14)21-17-12-8-10-13(19-2)11-9-12/h4-11,17H,3H2,1-2H3. The molecule has 0 heterocycles. The van der Waals surface area contributed by atoms with Gasteiger partial charge in [-0.1, -0.05) is 12.1 Å². The first-order valence-electron chi connectivity index (χ1n) is 6.57. The molecule has 0 bridgehead atoms. The number of ether oxygens (including phenoxy) is 2. The summed E-state index contributed by atoms with van der Waals surface area (Å²) in [6.07, 6.45) is 0. The van der Waals surface area contributed by atoms with Crippen molar-refractivity contribution in [2.45, 2.75) is 11.8 Å². The summed E-state index contributed by atoms with van der Waals surface area (Å²) in [6.45, 7) is 2.16. The second kappa shape index (κ2) is 7.59. The van der Waals surface area contributed by atoms with Crippen LogP contribution in [-0.4, -0.2) is 19.7 Å². The van der Waals surface area contributed by atoms with Crippen molar-refractivity contribution in [1.82, 2.24) is 0 Å². The van der Waals surface area contributed by atoms with Crippen molar-refractivity contribution in [3.63, 3.8) is 0 Å². The average molecular weight is 303 g/mol. The molecule has 0 unspecified atom stereocenters. The van der Waals surface area contributed by atoms with Crippen LogP contribution in [0.5, 0.6) is 5.75 Å². The van der Waals surface area contributed by atoms with Gasteiger partial charge in [-0.05, 0) is 55.3 Å². The van der Waals surface area contributed by atoms with Crippen molar-refractivity contribution in [1.29, 1.82) is 0 Å². The third-order valence-electron chi connectivity index (χ3n) is 2.75. The van der Waals surface area contributed by atoms with Crippen LogP contribution in [0.25, 0.3) is 0 Å². The number of esters is 1. The summed E-state index contributed by atoms with van der Waals surface area (Å²) in [5.74, 6) is 0.495. The molecule has 5 heteroatoms. The predicted molar refractivity (Wildman–Crippen MR) is 84.9 cm³/mol. The molecule has 0 aliphatic carbocycles. The summed E-state index contributed by atoms with van der Waals surface area (Å²) in [5.41, 5.74) is 1.49. The molecule has 110 valence electrons. The Morgan fingerprint density at radius 1 is 1.14 bits per heavy atom.